The first-order chi connectivity index (χ1) is 10.8. The fourth-order valence-electron chi connectivity index (χ4n) is 3.14. The summed E-state index contributed by atoms with van der Waals surface area (Å²) in [7, 11) is 0. The van der Waals surface area contributed by atoms with Crippen LogP contribution in [0.15, 0.2) is 23.3 Å². The van der Waals surface area contributed by atoms with Crippen LogP contribution in [0.2, 0.25) is 0 Å². The Morgan fingerprint density at radius 1 is 1.14 bits per heavy atom. The molecule has 4 nitrogen and oxygen atoms in total. The van der Waals surface area contributed by atoms with Crippen LogP contribution in [-0.2, 0) is 9.47 Å². The molecule has 3 unspecified atom stereocenters. The Labute approximate surface area is 133 Å². The highest BCUT2D eigenvalue weighted by atomic mass is 16.5. The minimum absolute atomic E-state index is 0.103. The van der Waals surface area contributed by atoms with Crippen LogP contribution in [0.4, 0.5) is 0 Å². The lowest BCUT2D eigenvalue weighted by Gasteiger charge is -2.19. The van der Waals surface area contributed by atoms with Crippen LogP contribution in [0.5, 0.6) is 0 Å². The fourth-order valence-corrected chi connectivity index (χ4v) is 3.14. The molecule has 0 bridgehead atoms. The van der Waals surface area contributed by atoms with Gasteiger partial charge in [0.25, 0.3) is 0 Å². The zero-order valence-electron chi connectivity index (χ0n) is 13.7. The van der Waals surface area contributed by atoms with Crippen LogP contribution >= 0.6 is 0 Å². The maximum Gasteiger partial charge on any atom is 0.0700 e. The van der Waals surface area contributed by atoms with Gasteiger partial charge < -0.3 is 19.7 Å². The monoisotopic (exact) mass is 310 g/mol. The second-order valence-corrected chi connectivity index (χ2v) is 6.39. The van der Waals surface area contributed by atoms with Crippen LogP contribution < -0.4 is 0 Å². The summed E-state index contributed by atoms with van der Waals surface area (Å²) in [5, 5.41) is 18.7. The number of aliphatic hydroxyl groups excluding tert-OH is 2. The molecule has 0 amide bonds. The third-order valence-electron chi connectivity index (χ3n) is 4.47. The van der Waals surface area contributed by atoms with Gasteiger partial charge in [-0.2, -0.15) is 0 Å². The predicted molar refractivity (Wildman–Crippen MR) is 86.6 cm³/mol. The quantitative estimate of drug-likeness (QED) is 0.575. The van der Waals surface area contributed by atoms with E-state index in [2.05, 4.69) is 19.1 Å². The van der Waals surface area contributed by atoms with Gasteiger partial charge in [-0.05, 0) is 48.7 Å². The Balaban J connectivity index is 1.64. The normalized spacial score (nSPS) is 27.5. The Bertz CT molecular complexity index is 389. The minimum atomic E-state index is 0.103. The van der Waals surface area contributed by atoms with Crippen molar-refractivity contribution in [2.24, 2.45) is 17.8 Å². The van der Waals surface area contributed by atoms with Crippen molar-refractivity contribution in [2.45, 2.75) is 32.6 Å². The molecule has 0 spiro atoms. The zero-order valence-corrected chi connectivity index (χ0v) is 13.7. The molecule has 4 heteroatoms. The highest BCUT2D eigenvalue weighted by Gasteiger charge is 2.39. The molecular formula is C18H30O4. The van der Waals surface area contributed by atoms with Crippen molar-refractivity contribution in [1.29, 1.82) is 0 Å². The number of rotatable bonds is 11. The largest absolute Gasteiger partial charge is 0.396 e. The number of hydrogen-bond donors (Lipinski definition) is 2. The summed E-state index contributed by atoms with van der Waals surface area (Å²) in [5.74, 6) is 1.46. The van der Waals surface area contributed by atoms with E-state index in [0.29, 0.717) is 25.0 Å². The van der Waals surface area contributed by atoms with E-state index in [4.69, 9.17) is 9.47 Å². The van der Waals surface area contributed by atoms with E-state index in [1.54, 1.807) is 0 Å². The summed E-state index contributed by atoms with van der Waals surface area (Å²) >= 11 is 0. The lowest BCUT2D eigenvalue weighted by Crippen LogP contribution is -2.12. The van der Waals surface area contributed by atoms with Crippen LogP contribution in [-0.4, -0.2) is 49.9 Å². The van der Waals surface area contributed by atoms with E-state index in [1.165, 1.54) is 12.0 Å². The molecule has 1 saturated carbocycles. The lowest BCUT2D eigenvalue weighted by atomic mass is 9.88. The molecular weight excluding hydrogens is 280 g/mol. The van der Waals surface area contributed by atoms with Gasteiger partial charge in [-0.3, -0.25) is 0 Å². The van der Waals surface area contributed by atoms with Crippen molar-refractivity contribution in [2.75, 3.05) is 39.6 Å². The summed E-state index contributed by atoms with van der Waals surface area (Å²) in [6, 6.07) is 0. The van der Waals surface area contributed by atoms with Crippen molar-refractivity contribution in [1.82, 2.24) is 0 Å². The summed E-state index contributed by atoms with van der Waals surface area (Å²) in [5.41, 5.74) is 2.36. The summed E-state index contributed by atoms with van der Waals surface area (Å²) in [6.07, 6.45) is 8.46. The Morgan fingerprint density at radius 3 is 2.59 bits per heavy atom. The molecule has 2 rings (SSSR count). The van der Waals surface area contributed by atoms with Gasteiger partial charge in [-0.1, -0.05) is 19.1 Å². The van der Waals surface area contributed by atoms with Gasteiger partial charge in [-0.25, -0.2) is 0 Å². The van der Waals surface area contributed by atoms with Gasteiger partial charge in [0.05, 0.1) is 19.8 Å². The van der Waals surface area contributed by atoms with E-state index in [0.717, 1.165) is 38.0 Å². The second-order valence-electron chi connectivity index (χ2n) is 6.39. The standard InChI is InChI=1S/C18H30O4/c1-2-4-21-6-7-22-5-3-16-11-18(16)17-9-14(12-19)8-15(10-17)13-20/h9-10,14,16,18-20H,2-8,11-13H2,1H3. The molecule has 0 aromatic rings. The van der Waals surface area contributed by atoms with Gasteiger partial charge in [0.2, 0.25) is 0 Å². The first-order valence-corrected chi connectivity index (χ1v) is 8.56. The Kier molecular flexibility index (Phi) is 7.60. The third-order valence-corrected chi connectivity index (χ3v) is 4.47. The number of allylic oxidation sites excluding steroid dienone is 2. The van der Waals surface area contributed by atoms with Crippen LogP contribution in [0.25, 0.3) is 0 Å². The van der Waals surface area contributed by atoms with Gasteiger partial charge in [0.1, 0.15) is 0 Å². The first-order valence-electron chi connectivity index (χ1n) is 8.56. The number of aliphatic hydroxyl groups is 2. The molecule has 22 heavy (non-hydrogen) atoms. The molecule has 0 saturated heterocycles. The smallest absolute Gasteiger partial charge is 0.0700 e. The highest BCUT2D eigenvalue weighted by Crippen LogP contribution is 2.48. The van der Waals surface area contributed by atoms with Crippen molar-refractivity contribution in [3.8, 4) is 0 Å². The Morgan fingerprint density at radius 2 is 1.91 bits per heavy atom. The van der Waals surface area contributed by atoms with Crippen molar-refractivity contribution < 1.29 is 19.7 Å². The molecule has 0 heterocycles. The van der Waals surface area contributed by atoms with Gasteiger partial charge in [-0.15, -0.1) is 0 Å². The molecule has 0 aromatic carbocycles. The SMILES string of the molecule is CCCOCCOCCC1CC1C1=CC(CO)CC(CO)=C1. The van der Waals surface area contributed by atoms with E-state index < -0.39 is 0 Å². The van der Waals surface area contributed by atoms with E-state index in [9.17, 15) is 10.2 Å². The van der Waals surface area contributed by atoms with Crippen LogP contribution in [0, 0.1) is 17.8 Å². The molecule has 2 N–H and O–H groups in total. The highest BCUT2D eigenvalue weighted by molar-refractivity contribution is 5.35. The van der Waals surface area contributed by atoms with Crippen molar-refractivity contribution in [3.05, 3.63) is 23.3 Å². The molecule has 0 aromatic heterocycles. The average molecular weight is 310 g/mol. The summed E-state index contributed by atoms with van der Waals surface area (Å²) in [6.45, 7) is 5.35. The molecule has 2 aliphatic rings. The van der Waals surface area contributed by atoms with Crippen molar-refractivity contribution in [3.63, 3.8) is 0 Å². The maximum absolute atomic E-state index is 9.37. The van der Waals surface area contributed by atoms with E-state index in [-0.39, 0.29) is 19.1 Å². The van der Waals surface area contributed by atoms with E-state index in [1.807, 2.05) is 0 Å². The average Bonchev–Trinajstić information content (AvgIpc) is 3.33. The number of hydrogen-bond acceptors (Lipinski definition) is 4. The van der Waals surface area contributed by atoms with Gasteiger partial charge >= 0.3 is 0 Å². The third kappa shape index (κ3) is 5.51. The molecule has 126 valence electrons. The van der Waals surface area contributed by atoms with Crippen molar-refractivity contribution >= 4 is 0 Å². The predicted octanol–water partition coefficient (Wildman–Crippen LogP) is 2.31. The van der Waals surface area contributed by atoms with Crippen LogP contribution in [0.1, 0.15) is 32.6 Å². The summed E-state index contributed by atoms with van der Waals surface area (Å²) in [4.78, 5) is 0. The fraction of sp³-hybridized carbons (Fsp3) is 0.778. The Hall–Kier alpha value is -0.680. The van der Waals surface area contributed by atoms with Gasteiger partial charge in [0.15, 0.2) is 0 Å². The number of ether oxygens (including phenoxy) is 2. The minimum Gasteiger partial charge on any atom is -0.396 e. The second kappa shape index (κ2) is 9.46. The topological polar surface area (TPSA) is 58.9 Å². The maximum atomic E-state index is 9.37. The molecule has 0 aliphatic heterocycles. The van der Waals surface area contributed by atoms with Crippen LogP contribution in [0.3, 0.4) is 0 Å². The molecule has 0 radical (unpaired) electrons. The first kappa shape index (κ1) is 17.7. The summed E-state index contributed by atoms with van der Waals surface area (Å²) < 4.78 is 11.0. The molecule has 3 atom stereocenters. The molecule has 1 fully saturated rings. The molecule has 2 aliphatic carbocycles. The van der Waals surface area contributed by atoms with Gasteiger partial charge in [0, 0.05) is 25.7 Å². The van der Waals surface area contributed by atoms with E-state index >= 15 is 0 Å². The zero-order chi connectivity index (χ0) is 15.8. The lowest BCUT2D eigenvalue weighted by molar-refractivity contribution is 0.0456.